The Morgan fingerprint density at radius 3 is 2.55 bits per heavy atom. The molecule has 0 saturated heterocycles. The average molecular weight is 408 g/mol. The molecule has 3 fully saturated rings. The third-order valence-electron chi connectivity index (χ3n) is 8.12. The number of hydrogen-bond donors (Lipinski definition) is 4. The molecular formula is C22H32O7. The second-order valence-corrected chi connectivity index (χ2v) is 9.67. The number of carboxylic acid groups (broad SMARTS) is 1. The summed E-state index contributed by atoms with van der Waals surface area (Å²) in [7, 11) is 0. The molecule has 3 aliphatic rings. The van der Waals surface area contributed by atoms with Crippen LogP contribution in [0.2, 0.25) is 0 Å². The molecule has 3 saturated carbocycles. The number of hydrogen-bond acceptors (Lipinski definition) is 6. The number of carbonyl (C=O) groups excluding carboxylic acids is 2. The summed E-state index contributed by atoms with van der Waals surface area (Å²) >= 11 is 0. The molecule has 7 heteroatoms. The highest BCUT2D eigenvalue weighted by molar-refractivity contribution is 5.90. The third kappa shape index (κ3) is 3.68. The zero-order valence-electron chi connectivity index (χ0n) is 17.1. The van der Waals surface area contributed by atoms with Gasteiger partial charge in [-0.05, 0) is 49.0 Å². The molecule has 0 aromatic rings. The number of aliphatic carboxylic acids is 1. The van der Waals surface area contributed by atoms with E-state index >= 15 is 0 Å². The minimum absolute atomic E-state index is 0.0156. The van der Waals surface area contributed by atoms with Crippen LogP contribution in [0.15, 0.2) is 12.2 Å². The van der Waals surface area contributed by atoms with Gasteiger partial charge in [-0.15, -0.1) is 0 Å². The number of fused-ring (bicyclic) bond motifs is 3. The highest BCUT2D eigenvalue weighted by atomic mass is 16.4. The van der Waals surface area contributed by atoms with Gasteiger partial charge in [-0.3, -0.25) is 14.4 Å². The quantitative estimate of drug-likeness (QED) is 0.488. The maximum Gasteiger partial charge on any atom is 0.303 e. The Kier molecular flexibility index (Phi) is 6.05. The fourth-order valence-electron chi connectivity index (χ4n) is 6.64. The van der Waals surface area contributed by atoms with Crippen LogP contribution in [-0.2, 0) is 14.4 Å². The molecule has 29 heavy (non-hydrogen) atoms. The first-order valence-corrected chi connectivity index (χ1v) is 10.5. The van der Waals surface area contributed by atoms with Crippen molar-refractivity contribution in [1.29, 1.82) is 0 Å². The van der Waals surface area contributed by atoms with Crippen molar-refractivity contribution in [2.75, 3.05) is 6.61 Å². The molecule has 0 radical (unpaired) electrons. The fourth-order valence-corrected chi connectivity index (χ4v) is 6.64. The molecule has 0 aliphatic heterocycles. The Hall–Kier alpha value is -1.57. The lowest BCUT2D eigenvalue weighted by Crippen LogP contribution is -2.58. The number of aliphatic hydroxyl groups is 3. The standard InChI is InChI=1S/C22H32O7/c1-21(8-7-18(27)28)17(26)6-5-14-15-9-12(3-4-13(24)11-23)20(29)22(15,2)10-16(25)19(14)21/h3-4,12,14-16,19-20,23,25,29H,5-11H2,1-2H3,(H,27,28). The van der Waals surface area contributed by atoms with Crippen LogP contribution in [0.25, 0.3) is 0 Å². The van der Waals surface area contributed by atoms with Crippen molar-refractivity contribution < 1.29 is 34.8 Å². The van der Waals surface area contributed by atoms with E-state index in [0.717, 1.165) is 0 Å². The van der Waals surface area contributed by atoms with Gasteiger partial charge in [0.15, 0.2) is 5.78 Å². The summed E-state index contributed by atoms with van der Waals surface area (Å²) in [5, 5.41) is 40.1. The van der Waals surface area contributed by atoms with Crippen molar-refractivity contribution in [2.45, 2.75) is 64.6 Å². The minimum atomic E-state index is -0.952. The first-order valence-electron chi connectivity index (χ1n) is 10.5. The number of aliphatic hydroxyl groups excluding tert-OH is 3. The van der Waals surface area contributed by atoms with Gasteiger partial charge in [-0.2, -0.15) is 0 Å². The Morgan fingerprint density at radius 2 is 1.93 bits per heavy atom. The lowest BCUT2D eigenvalue weighted by Gasteiger charge is -2.57. The summed E-state index contributed by atoms with van der Waals surface area (Å²) < 4.78 is 0. The van der Waals surface area contributed by atoms with Crippen molar-refractivity contribution in [2.24, 2.45) is 34.5 Å². The molecule has 0 bridgehead atoms. The van der Waals surface area contributed by atoms with E-state index in [2.05, 4.69) is 0 Å². The number of carboxylic acids is 1. The van der Waals surface area contributed by atoms with Crippen molar-refractivity contribution in [3.05, 3.63) is 12.2 Å². The van der Waals surface area contributed by atoms with Crippen LogP contribution in [0.4, 0.5) is 0 Å². The van der Waals surface area contributed by atoms with Gasteiger partial charge in [0.2, 0.25) is 0 Å². The lowest BCUT2D eigenvalue weighted by atomic mass is 9.48. The lowest BCUT2D eigenvalue weighted by molar-refractivity contribution is -0.169. The summed E-state index contributed by atoms with van der Waals surface area (Å²) in [6, 6.07) is 0. The third-order valence-corrected chi connectivity index (χ3v) is 8.12. The largest absolute Gasteiger partial charge is 0.481 e. The summed E-state index contributed by atoms with van der Waals surface area (Å²) in [6.07, 6.45) is 3.51. The van der Waals surface area contributed by atoms with E-state index in [4.69, 9.17) is 10.2 Å². The highest BCUT2D eigenvalue weighted by Crippen LogP contribution is 2.64. The van der Waals surface area contributed by atoms with Crippen LogP contribution in [-0.4, -0.2) is 56.8 Å². The van der Waals surface area contributed by atoms with Gasteiger partial charge in [0.05, 0.1) is 12.2 Å². The van der Waals surface area contributed by atoms with E-state index < -0.39 is 41.4 Å². The molecule has 3 rings (SSSR count). The predicted molar refractivity (Wildman–Crippen MR) is 104 cm³/mol. The second-order valence-electron chi connectivity index (χ2n) is 9.67. The normalized spacial score (nSPS) is 44.5. The molecule has 0 aromatic heterocycles. The molecule has 0 amide bonds. The van der Waals surface area contributed by atoms with Gasteiger partial charge < -0.3 is 20.4 Å². The maximum absolute atomic E-state index is 12.8. The highest BCUT2D eigenvalue weighted by Gasteiger charge is 2.64. The topological polar surface area (TPSA) is 132 Å². The van der Waals surface area contributed by atoms with Crippen LogP contribution >= 0.6 is 0 Å². The smallest absolute Gasteiger partial charge is 0.303 e. The van der Waals surface area contributed by atoms with Gasteiger partial charge in [0.1, 0.15) is 12.4 Å². The Bertz CT molecular complexity index is 716. The van der Waals surface area contributed by atoms with E-state index in [1.165, 1.54) is 6.08 Å². The van der Waals surface area contributed by atoms with Crippen molar-refractivity contribution >= 4 is 17.5 Å². The predicted octanol–water partition coefficient (Wildman–Crippen LogP) is 1.34. The minimum Gasteiger partial charge on any atom is -0.481 e. The van der Waals surface area contributed by atoms with Crippen LogP contribution in [0.3, 0.4) is 0 Å². The Balaban J connectivity index is 1.90. The Labute approximate surface area is 170 Å². The summed E-state index contributed by atoms with van der Waals surface area (Å²) in [5.74, 6) is -1.84. The summed E-state index contributed by atoms with van der Waals surface area (Å²) in [5.41, 5.74) is -1.42. The van der Waals surface area contributed by atoms with E-state index in [-0.39, 0.29) is 42.3 Å². The average Bonchev–Trinajstić information content (AvgIpc) is 2.91. The van der Waals surface area contributed by atoms with Crippen molar-refractivity contribution in [3.63, 3.8) is 0 Å². The van der Waals surface area contributed by atoms with E-state index in [1.54, 1.807) is 13.0 Å². The first kappa shape index (κ1) is 22.1. The zero-order chi connectivity index (χ0) is 21.6. The van der Waals surface area contributed by atoms with Crippen LogP contribution in [0.5, 0.6) is 0 Å². The molecule has 4 N–H and O–H groups in total. The number of rotatable bonds is 6. The second kappa shape index (κ2) is 7.93. The van der Waals surface area contributed by atoms with Gasteiger partial charge in [0.25, 0.3) is 0 Å². The zero-order valence-corrected chi connectivity index (χ0v) is 17.1. The van der Waals surface area contributed by atoms with Crippen molar-refractivity contribution in [1.82, 2.24) is 0 Å². The Morgan fingerprint density at radius 1 is 1.24 bits per heavy atom. The van der Waals surface area contributed by atoms with Gasteiger partial charge in [0, 0.05) is 30.1 Å². The number of Topliss-reactive ketones (excluding diaryl/α,β-unsaturated/α-hetero) is 1. The molecular weight excluding hydrogens is 376 g/mol. The fraction of sp³-hybridized carbons (Fsp3) is 0.773. The molecule has 0 heterocycles. The van der Waals surface area contributed by atoms with Crippen LogP contribution in [0.1, 0.15) is 52.4 Å². The summed E-state index contributed by atoms with van der Waals surface area (Å²) in [4.78, 5) is 35.4. The number of carbonyl (C=O) groups is 3. The molecule has 162 valence electrons. The van der Waals surface area contributed by atoms with E-state index in [1.807, 2.05) is 6.92 Å². The molecule has 8 atom stereocenters. The van der Waals surface area contributed by atoms with Crippen molar-refractivity contribution in [3.8, 4) is 0 Å². The number of ketones is 2. The molecule has 0 spiro atoms. The van der Waals surface area contributed by atoms with Gasteiger partial charge in [-0.1, -0.05) is 19.9 Å². The molecule has 7 nitrogen and oxygen atoms in total. The molecule has 8 unspecified atom stereocenters. The molecule has 3 aliphatic carbocycles. The molecule has 0 aromatic carbocycles. The van der Waals surface area contributed by atoms with Crippen LogP contribution < -0.4 is 0 Å². The summed E-state index contributed by atoms with van der Waals surface area (Å²) in [6.45, 7) is 3.19. The maximum atomic E-state index is 12.8. The van der Waals surface area contributed by atoms with Crippen LogP contribution in [0, 0.1) is 34.5 Å². The van der Waals surface area contributed by atoms with Gasteiger partial charge in [-0.25, -0.2) is 0 Å². The first-order chi connectivity index (χ1) is 13.5. The van der Waals surface area contributed by atoms with E-state index in [0.29, 0.717) is 25.7 Å². The van der Waals surface area contributed by atoms with Gasteiger partial charge >= 0.3 is 5.97 Å². The SMILES string of the molecule is CC1(CCC(=O)O)C(=O)CCC2C1C(O)CC1(C)C(O)C(C=CC(=O)CO)CC21. The van der Waals surface area contributed by atoms with E-state index in [9.17, 15) is 24.6 Å². The monoisotopic (exact) mass is 408 g/mol.